The van der Waals surface area contributed by atoms with Crippen LogP contribution in [0.25, 0.3) is 0 Å². The van der Waals surface area contributed by atoms with E-state index in [-0.39, 0.29) is 11.9 Å². The van der Waals surface area contributed by atoms with Gasteiger partial charge in [0.15, 0.2) is 5.16 Å². The van der Waals surface area contributed by atoms with Crippen LogP contribution in [0.2, 0.25) is 0 Å². The van der Waals surface area contributed by atoms with Crippen LogP contribution in [0.15, 0.2) is 35.7 Å². The van der Waals surface area contributed by atoms with Crippen molar-refractivity contribution >= 4 is 17.7 Å². The molecule has 1 aromatic carbocycles. The van der Waals surface area contributed by atoms with E-state index in [9.17, 15) is 4.79 Å². The maximum absolute atomic E-state index is 12.1. The minimum atomic E-state index is 0.0174. The van der Waals surface area contributed by atoms with E-state index in [1.54, 1.807) is 11.8 Å². The van der Waals surface area contributed by atoms with Crippen LogP contribution in [0.3, 0.4) is 0 Å². The van der Waals surface area contributed by atoms with Crippen molar-refractivity contribution in [1.29, 1.82) is 0 Å². The number of nitrogens with one attached hydrogen (secondary N) is 2. The minimum absolute atomic E-state index is 0.0174. The predicted molar refractivity (Wildman–Crippen MR) is 82.0 cm³/mol. The van der Waals surface area contributed by atoms with Gasteiger partial charge in [-0.05, 0) is 43.4 Å². The average molecular weight is 302 g/mol. The summed E-state index contributed by atoms with van der Waals surface area (Å²) in [6.45, 7) is 2.08. The number of thioether (sulfide) groups is 1. The summed E-state index contributed by atoms with van der Waals surface area (Å²) in [7, 11) is 0. The molecule has 5 nitrogen and oxygen atoms in total. The monoisotopic (exact) mass is 302 g/mol. The molecule has 1 amide bonds. The fourth-order valence-corrected chi connectivity index (χ4v) is 2.91. The Bertz CT molecular complexity index is 593. The van der Waals surface area contributed by atoms with E-state index in [0.29, 0.717) is 5.92 Å². The molecule has 2 N–H and O–H groups in total. The highest BCUT2D eigenvalue weighted by Crippen LogP contribution is 2.32. The Labute approximate surface area is 127 Å². The molecule has 110 valence electrons. The van der Waals surface area contributed by atoms with Crippen molar-refractivity contribution in [3.8, 4) is 0 Å². The Morgan fingerprint density at radius 3 is 2.81 bits per heavy atom. The Kier molecular flexibility index (Phi) is 4.24. The van der Waals surface area contributed by atoms with Crippen LogP contribution < -0.4 is 5.32 Å². The van der Waals surface area contributed by atoms with Crippen molar-refractivity contribution in [2.75, 3.05) is 0 Å². The van der Waals surface area contributed by atoms with E-state index in [1.165, 1.54) is 19.2 Å². The summed E-state index contributed by atoms with van der Waals surface area (Å²) < 4.78 is 0. The highest BCUT2D eigenvalue weighted by Gasteiger charge is 2.28. The molecule has 1 heterocycles. The topological polar surface area (TPSA) is 70.7 Å². The summed E-state index contributed by atoms with van der Waals surface area (Å²) in [4.78, 5) is 16.2. The largest absolute Gasteiger partial charge is 0.349 e. The predicted octanol–water partition coefficient (Wildman–Crippen LogP) is 2.63. The number of benzene rings is 1. The third-order valence-corrected chi connectivity index (χ3v) is 4.62. The van der Waals surface area contributed by atoms with Crippen molar-refractivity contribution in [3.63, 3.8) is 0 Å². The van der Waals surface area contributed by atoms with Crippen LogP contribution in [0.5, 0.6) is 0 Å². The highest BCUT2D eigenvalue weighted by molar-refractivity contribution is 7.98. The molecule has 1 atom stereocenters. The van der Waals surface area contributed by atoms with Gasteiger partial charge in [-0.1, -0.05) is 23.9 Å². The molecular formula is C15H18N4OS. The van der Waals surface area contributed by atoms with Crippen LogP contribution in [-0.2, 0) is 5.75 Å². The number of H-pyrrole nitrogens is 1. The van der Waals surface area contributed by atoms with Crippen LogP contribution in [-0.4, -0.2) is 27.1 Å². The molecule has 0 aliphatic heterocycles. The lowest BCUT2D eigenvalue weighted by Gasteiger charge is -2.12. The standard InChI is InChI=1S/C15H18N4OS/c1-10(12-6-7-12)18-14(20)13-4-2-11(3-5-13)8-21-15-16-9-17-19-15/h2-5,9-10,12H,6-8H2,1H3,(H,18,20)(H,16,17,19). The normalized spacial score (nSPS) is 15.7. The summed E-state index contributed by atoms with van der Waals surface area (Å²) in [5.41, 5.74) is 1.87. The molecule has 3 rings (SSSR count). The molecule has 0 spiro atoms. The number of amides is 1. The van der Waals surface area contributed by atoms with Crippen LogP contribution >= 0.6 is 11.8 Å². The molecule has 0 bridgehead atoms. The third kappa shape index (κ3) is 3.85. The number of carbonyl (C=O) groups excluding carboxylic acids is 1. The number of aromatic amines is 1. The van der Waals surface area contributed by atoms with Gasteiger partial charge < -0.3 is 5.32 Å². The number of rotatable bonds is 6. The molecular weight excluding hydrogens is 284 g/mol. The van der Waals surface area contributed by atoms with Gasteiger partial charge in [-0.15, -0.1) is 0 Å². The first-order valence-corrected chi connectivity index (χ1v) is 8.09. The molecule has 1 aliphatic carbocycles. The molecule has 1 aliphatic rings. The summed E-state index contributed by atoms with van der Waals surface area (Å²) in [6, 6.07) is 8.01. The average Bonchev–Trinajstić information content (AvgIpc) is 3.23. The first kappa shape index (κ1) is 14.1. The zero-order valence-corrected chi connectivity index (χ0v) is 12.7. The molecule has 21 heavy (non-hydrogen) atoms. The van der Waals surface area contributed by atoms with Crippen LogP contribution in [0, 0.1) is 5.92 Å². The van der Waals surface area contributed by atoms with E-state index in [0.717, 1.165) is 22.0 Å². The fourth-order valence-electron chi connectivity index (χ4n) is 2.17. The van der Waals surface area contributed by atoms with Crippen molar-refractivity contribution in [2.45, 2.75) is 36.7 Å². The quantitative estimate of drug-likeness (QED) is 0.805. The van der Waals surface area contributed by atoms with E-state index in [4.69, 9.17) is 0 Å². The van der Waals surface area contributed by atoms with Crippen LogP contribution in [0.4, 0.5) is 0 Å². The van der Waals surface area contributed by atoms with E-state index in [1.807, 2.05) is 24.3 Å². The molecule has 0 radical (unpaired) electrons. The fraction of sp³-hybridized carbons (Fsp3) is 0.400. The number of carbonyl (C=O) groups is 1. The molecule has 1 unspecified atom stereocenters. The second-order valence-electron chi connectivity index (χ2n) is 5.38. The summed E-state index contributed by atoms with van der Waals surface area (Å²) in [5, 5.41) is 10.5. The van der Waals surface area contributed by atoms with E-state index in [2.05, 4.69) is 27.4 Å². The summed E-state index contributed by atoms with van der Waals surface area (Å²) >= 11 is 1.59. The first-order chi connectivity index (χ1) is 10.2. The third-order valence-electron chi connectivity index (χ3n) is 3.67. The van der Waals surface area contributed by atoms with Gasteiger partial charge in [0.25, 0.3) is 5.91 Å². The zero-order valence-electron chi connectivity index (χ0n) is 11.9. The Morgan fingerprint density at radius 2 is 2.19 bits per heavy atom. The number of nitrogens with zero attached hydrogens (tertiary/aromatic N) is 2. The van der Waals surface area contributed by atoms with Crippen LogP contribution in [0.1, 0.15) is 35.7 Å². The van der Waals surface area contributed by atoms with Gasteiger partial charge in [0.2, 0.25) is 0 Å². The maximum Gasteiger partial charge on any atom is 0.251 e. The molecule has 6 heteroatoms. The van der Waals surface area contributed by atoms with E-state index >= 15 is 0 Å². The second-order valence-corrected chi connectivity index (χ2v) is 6.34. The summed E-state index contributed by atoms with van der Waals surface area (Å²) in [6.07, 6.45) is 3.97. The maximum atomic E-state index is 12.1. The molecule has 1 fully saturated rings. The Hall–Kier alpha value is -1.82. The van der Waals surface area contributed by atoms with Gasteiger partial charge in [-0.25, -0.2) is 4.98 Å². The SMILES string of the molecule is CC(NC(=O)c1ccc(CSc2ncn[nH]2)cc1)C1CC1. The molecule has 1 aromatic heterocycles. The number of hydrogen-bond donors (Lipinski definition) is 2. The lowest BCUT2D eigenvalue weighted by molar-refractivity contribution is 0.0936. The van der Waals surface area contributed by atoms with E-state index < -0.39 is 0 Å². The lowest BCUT2D eigenvalue weighted by atomic mass is 10.1. The second kappa shape index (κ2) is 6.30. The van der Waals surface area contributed by atoms with Crippen molar-refractivity contribution in [3.05, 3.63) is 41.7 Å². The highest BCUT2D eigenvalue weighted by atomic mass is 32.2. The minimum Gasteiger partial charge on any atom is -0.349 e. The number of hydrogen-bond acceptors (Lipinski definition) is 4. The van der Waals surface area contributed by atoms with Gasteiger partial charge in [0.05, 0.1) is 0 Å². The molecule has 1 saturated carbocycles. The van der Waals surface area contributed by atoms with Gasteiger partial charge in [-0.3, -0.25) is 9.89 Å². The molecule has 0 saturated heterocycles. The Morgan fingerprint density at radius 1 is 1.43 bits per heavy atom. The van der Waals surface area contributed by atoms with Gasteiger partial charge in [-0.2, -0.15) is 5.10 Å². The van der Waals surface area contributed by atoms with Crippen molar-refractivity contribution in [2.24, 2.45) is 5.92 Å². The smallest absolute Gasteiger partial charge is 0.251 e. The van der Waals surface area contributed by atoms with Gasteiger partial charge in [0.1, 0.15) is 6.33 Å². The van der Waals surface area contributed by atoms with Gasteiger partial charge >= 0.3 is 0 Å². The van der Waals surface area contributed by atoms with Crippen molar-refractivity contribution in [1.82, 2.24) is 20.5 Å². The first-order valence-electron chi connectivity index (χ1n) is 7.10. The zero-order chi connectivity index (χ0) is 14.7. The van der Waals surface area contributed by atoms with Gasteiger partial charge in [0, 0.05) is 17.4 Å². The molecule has 2 aromatic rings. The lowest BCUT2D eigenvalue weighted by Crippen LogP contribution is -2.33. The Balaban J connectivity index is 1.54. The number of aromatic nitrogens is 3. The summed E-state index contributed by atoms with van der Waals surface area (Å²) in [5.74, 6) is 1.49. The van der Waals surface area contributed by atoms with Crippen molar-refractivity contribution < 1.29 is 4.79 Å².